The maximum absolute atomic E-state index is 9.55. The molecule has 0 radical (unpaired) electrons. The second kappa shape index (κ2) is 13.1. The molecule has 0 saturated carbocycles. The highest BCUT2D eigenvalue weighted by molar-refractivity contribution is 4.87. The molecule has 3 N–H and O–H groups in total. The van der Waals surface area contributed by atoms with Crippen molar-refractivity contribution in [3.8, 4) is 0 Å². The number of aliphatic hydroxyl groups excluding tert-OH is 3. The van der Waals surface area contributed by atoms with Crippen molar-refractivity contribution < 1.29 is 20.1 Å². The van der Waals surface area contributed by atoms with E-state index in [0.717, 1.165) is 25.2 Å². The fourth-order valence-corrected chi connectivity index (χ4v) is 2.62. The van der Waals surface area contributed by atoms with E-state index >= 15 is 0 Å². The zero-order valence-corrected chi connectivity index (χ0v) is 14.5. The molecule has 0 bridgehead atoms. The molecule has 0 amide bonds. The summed E-state index contributed by atoms with van der Waals surface area (Å²) in [5, 5.41) is 28.6. The number of hydrogen-bond acceptors (Lipinski definition) is 4. The van der Waals surface area contributed by atoms with E-state index in [1.807, 2.05) is 0 Å². The van der Waals surface area contributed by atoms with Crippen molar-refractivity contribution in [1.82, 2.24) is 0 Å². The van der Waals surface area contributed by atoms with Gasteiger partial charge >= 0.3 is 0 Å². The molecule has 0 aromatic carbocycles. The van der Waals surface area contributed by atoms with Crippen LogP contribution in [-0.4, -0.2) is 47.9 Å². The Morgan fingerprint density at radius 1 is 0.909 bits per heavy atom. The van der Waals surface area contributed by atoms with Gasteiger partial charge in [0.2, 0.25) is 0 Å². The van der Waals surface area contributed by atoms with Gasteiger partial charge in [-0.15, -0.1) is 6.58 Å². The van der Waals surface area contributed by atoms with Crippen molar-refractivity contribution in [1.29, 1.82) is 0 Å². The van der Waals surface area contributed by atoms with E-state index in [2.05, 4.69) is 20.4 Å². The maximum Gasteiger partial charge on any atom is 0.0701 e. The van der Waals surface area contributed by atoms with Crippen LogP contribution in [-0.2, 0) is 4.74 Å². The Kier molecular flexibility index (Phi) is 12.8. The van der Waals surface area contributed by atoms with Crippen LogP contribution in [0.3, 0.4) is 0 Å². The average Bonchev–Trinajstić information content (AvgIpc) is 2.52. The number of hydrogen-bond donors (Lipinski definition) is 3. The summed E-state index contributed by atoms with van der Waals surface area (Å²) in [5.41, 5.74) is -0.972. The Morgan fingerprint density at radius 3 is 1.86 bits per heavy atom. The average molecular weight is 316 g/mol. The maximum atomic E-state index is 9.55. The predicted octanol–water partition coefficient (Wildman–Crippen LogP) is 2.91. The second-order valence-corrected chi connectivity index (χ2v) is 6.69. The van der Waals surface area contributed by atoms with Gasteiger partial charge in [-0.1, -0.05) is 58.4 Å². The molecule has 4 heteroatoms. The van der Waals surface area contributed by atoms with Gasteiger partial charge < -0.3 is 20.1 Å². The first-order valence-electron chi connectivity index (χ1n) is 8.61. The van der Waals surface area contributed by atoms with Gasteiger partial charge in [-0.25, -0.2) is 0 Å². The third-order valence-electron chi connectivity index (χ3n) is 4.29. The summed E-state index contributed by atoms with van der Waals surface area (Å²) in [4.78, 5) is 0. The molecular formula is C18H36O4. The quantitative estimate of drug-likeness (QED) is 0.321. The molecule has 4 nitrogen and oxygen atoms in total. The molecule has 22 heavy (non-hydrogen) atoms. The lowest BCUT2D eigenvalue weighted by molar-refractivity contribution is -0.111. The topological polar surface area (TPSA) is 69.9 Å². The van der Waals surface area contributed by atoms with Crippen LogP contribution in [0.2, 0.25) is 0 Å². The SMILES string of the molecule is C=CCOC(CCCCCCCC(C)C)C(CO)(CO)CO. The van der Waals surface area contributed by atoms with Gasteiger partial charge in [0.25, 0.3) is 0 Å². The third-order valence-corrected chi connectivity index (χ3v) is 4.29. The molecular weight excluding hydrogens is 280 g/mol. The Morgan fingerprint density at radius 2 is 1.41 bits per heavy atom. The van der Waals surface area contributed by atoms with Crippen molar-refractivity contribution in [3.63, 3.8) is 0 Å². The van der Waals surface area contributed by atoms with Crippen LogP contribution in [0.25, 0.3) is 0 Å². The van der Waals surface area contributed by atoms with Gasteiger partial charge in [-0.05, 0) is 12.3 Å². The van der Waals surface area contributed by atoms with Crippen LogP contribution in [0.4, 0.5) is 0 Å². The van der Waals surface area contributed by atoms with Gasteiger partial charge in [-0.2, -0.15) is 0 Å². The highest BCUT2D eigenvalue weighted by Gasteiger charge is 2.38. The van der Waals surface area contributed by atoms with E-state index in [1.54, 1.807) is 6.08 Å². The molecule has 0 fully saturated rings. The van der Waals surface area contributed by atoms with Crippen LogP contribution >= 0.6 is 0 Å². The highest BCUT2D eigenvalue weighted by Crippen LogP contribution is 2.28. The highest BCUT2D eigenvalue weighted by atomic mass is 16.5. The van der Waals surface area contributed by atoms with E-state index in [-0.39, 0.29) is 25.9 Å². The Labute approximate surface area is 136 Å². The minimum absolute atomic E-state index is 0.282. The Balaban J connectivity index is 4.17. The van der Waals surface area contributed by atoms with Crippen molar-refractivity contribution in [2.45, 2.75) is 64.9 Å². The molecule has 0 heterocycles. The molecule has 0 saturated heterocycles. The Bertz CT molecular complexity index is 254. The summed E-state index contributed by atoms with van der Waals surface area (Å²) < 4.78 is 5.69. The molecule has 0 spiro atoms. The Hall–Kier alpha value is -0.420. The first kappa shape index (κ1) is 21.6. The normalized spacial score (nSPS) is 13.5. The summed E-state index contributed by atoms with van der Waals surface area (Å²) in [7, 11) is 0. The van der Waals surface area contributed by atoms with Crippen LogP contribution in [0.15, 0.2) is 12.7 Å². The largest absolute Gasteiger partial charge is 0.396 e. The van der Waals surface area contributed by atoms with Gasteiger partial charge in [0.05, 0.1) is 37.9 Å². The zero-order chi connectivity index (χ0) is 16.8. The molecule has 0 aromatic heterocycles. The summed E-state index contributed by atoms with van der Waals surface area (Å²) in [6, 6.07) is 0. The summed E-state index contributed by atoms with van der Waals surface area (Å²) in [5.74, 6) is 0.774. The minimum Gasteiger partial charge on any atom is -0.396 e. The minimum atomic E-state index is -0.972. The van der Waals surface area contributed by atoms with Crippen molar-refractivity contribution in [3.05, 3.63) is 12.7 Å². The molecule has 0 aliphatic heterocycles. The lowest BCUT2D eigenvalue weighted by atomic mass is 9.81. The molecule has 1 atom stereocenters. The molecule has 0 aliphatic carbocycles. The van der Waals surface area contributed by atoms with Gasteiger partial charge in [0, 0.05) is 0 Å². The number of aliphatic hydroxyl groups is 3. The van der Waals surface area contributed by atoms with Crippen LogP contribution in [0, 0.1) is 11.3 Å². The summed E-state index contributed by atoms with van der Waals surface area (Å²) in [6.45, 7) is 7.64. The smallest absolute Gasteiger partial charge is 0.0701 e. The van der Waals surface area contributed by atoms with Crippen molar-refractivity contribution in [2.75, 3.05) is 26.4 Å². The summed E-state index contributed by atoms with van der Waals surface area (Å²) >= 11 is 0. The van der Waals surface area contributed by atoms with Crippen LogP contribution in [0.1, 0.15) is 58.8 Å². The van der Waals surface area contributed by atoms with E-state index in [1.165, 1.54) is 25.7 Å². The molecule has 0 aromatic rings. The lowest BCUT2D eigenvalue weighted by Crippen LogP contribution is -2.46. The zero-order valence-electron chi connectivity index (χ0n) is 14.5. The lowest BCUT2D eigenvalue weighted by Gasteiger charge is -2.36. The van der Waals surface area contributed by atoms with Crippen LogP contribution < -0.4 is 0 Å². The number of rotatable bonds is 15. The van der Waals surface area contributed by atoms with E-state index < -0.39 is 5.41 Å². The summed E-state index contributed by atoms with van der Waals surface area (Å²) in [6.07, 6.45) is 9.15. The monoisotopic (exact) mass is 316 g/mol. The standard InChI is InChI=1S/C18H36O4/c1-4-12-22-17(18(13-19,14-20)15-21)11-9-7-5-6-8-10-16(2)3/h4,16-17,19-21H,1,5-15H2,2-3H3. The number of unbranched alkanes of at least 4 members (excludes halogenated alkanes) is 4. The van der Waals surface area contributed by atoms with Gasteiger partial charge in [-0.3, -0.25) is 0 Å². The fraction of sp³-hybridized carbons (Fsp3) is 0.889. The molecule has 0 aliphatic rings. The van der Waals surface area contributed by atoms with E-state index in [9.17, 15) is 15.3 Å². The van der Waals surface area contributed by atoms with Gasteiger partial charge in [0.15, 0.2) is 0 Å². The van der Waals surface area contributed by atoms with E-state index in [4.69, 9.17) is 4.74 Å². The first-order chi connectivity index (χ1) is 10.6. The van der Waals surface area contributed by atoms with Crippen LogP contribution in [0.5, 0.6) is 0 Å². The van der Waals surface area contributed by atoms with Gasteiger partial charge in [0.1, 0.15) is 0 Å². The van der Waals surface area contributed by atoms with Crippen molar-refractivity contribution >= 4 is 0 Å². The van der Waals surface area contributed by atoms with Crippen molar-refractivity contribution in [2.24, 2.45) is 11.3 Å². The fourth-order valence-electron chi connectivity index (χ4n) is 2.62. The third kappa shape index (κ3) is 8.28. The molecule has 132 valence electrons. The van der Waals surface area contributed by atoms with E-state index in [0.29, 0.717) is 6.61 Å². The molecule has 1 unspecified atom stereocenters. The second-order valence-electron chi connectivity index (χ2n) is 6.69. The molecule has 0 rings (SSSR count). The number of ether oxygens (including phenoxy) is 1. The predicted molar refractivity (Wildman–Crippen MR) is 90.8 cm³/mol. The first-order valence-corrected chi connectivity index (χ1v) is 8.61.